The van der Waals surface area contributed by atoms with Crippen molar-refractivity contribution in [2.24, 2.45) is 0 Å². The average molecular weight is 299 g/mol. The molecule has 0 radical (unpaired) electrons. The van der Waals surface area contributed by atoms with Crippen LogP contribution in [0.5, 0.6) is 0 Å². The van der Waals surface area contributed by atoms with Gasteiger partial charge in [-0.1, -0.05) is 6.07 Å². The van der Waals surface area contributed by atoms with E-state index in [1.165, 1.54) is 6.07 Å². The lowest BCUT2D eigenvalue weighted by Crippen LogP contribution is -2.22. The maximum atomic E-state index is 13.1. The Hall–Kier alpha value is -1.04. The van der Waals surface area contributed by atoms with Crippen LogP contribution in [0.1, 0.15) is 37.8 Å². The van der Waals surface area contributed by atoms with Gasteiger partial charge in [-0.3, -0.25) is 0 Å². The van der Waals surface area contributed by atoms with E-state index in [4.69, 9.17) is 9.47 Å². The minimum Gasteiger partial charge on any atom is -0.379 e. The molecule has 118 valence electrons. The van der Waals surface area contributed by atoms with E-state index >= 15 is 0 Å². The van der Waals surface area contributed by atoms with Crippen LogP contribution in [-0.2, 0) is 9.47 Å². The molecule has 0 saturated carbocycles. The standard InChI is InChI=1S/C16H23F2NO2/c1-12(13-5-6-15(17)16(18)10-13)19-7-3-8-20-11-14-4-2-9-21-14/h5-6,10,12,14,19H,2-4,7-9,11H2,1H3. The fourth-order valence-electron chi connectivity index (χ4n) is 2.38. The molecule has 1 aliphatic heterocycles. The molecular formula is C16H23F2NO2. The lowest BCUT2D eigenvalue weighted by atomic mass is 10.1. The lowest BCUT2D eigenvalue weighted by Gasteiger charge is -2.15. The Bertz CT molecular complexity index is 436. The Balaban J connectivity index is 1.58. The molecule has 1 N–H and O–H groups in total. The van der Waals surface area contributed by atoms with Crippen LogP contribution >= 0.6 is 0 Å². The fraction of sp³-hybridized carbons (Fsp3) is 0.625. The van der Waals surface area contributed by atoms with Crippen LogP contribution < -0.4 is 5.32 Å². The normalized spacial score (nSPS) is 19.9. The molecule has 2 atom stereocenters. The molecule has 2 unspecified atom stereocenters. The smallest absolute Gasteiger partial charge is 0.159 e. The Kier molecular flexibility index (Phi) is 6.54. The Morgan fingerprint density at radius 1 is 1.38 bits per heavy atom. The second kappa shape index (κ2) is 8.41. The van der Waals surface area contributed by atoms with Crippen molar-refractivity contribution in [1.82, 2.24) is 5.32 Å². The largest absolute Gasteiger partial charge is 0.379 e. The second-order valence-corrected chi connectivity index (χ2v) is 5.41. The average Bonchev–Trinajstić information content (AvgIpc) is 2.98. The molecule has 1 fully saturated rings. The molecule has 2 rings (SSSR count). The van der Waals surface area contributed by atoms with Gasteiger partial charge < -0.3 is 14.8 Å². The molecule has 0 bridgehead atoms. The van der Waals surface area contributed by atoms with Gasteiger partial charge in [0.25, 0.3) is 0 Å². The molecule has 1 aromatic rings. The summed E-state index contributed by atoms with van der Waals surface area (Å²) in [7, 11) is 0. The van der Waals surface area contributed by atoms with Crippen molar-refractivity contribution >= 4 is 0 Å². The van der Waals surface area contributed by atoms with Crippen LogP contribution in [0.25, 0.3) is 0 Å². The number of rotatable bonds is 8. The van der Waals surface area contributed by atoms with Crippen LogP contribution in [0.4, 0.5) is 8.78 Å². The number of halogens is 2. The zero-order chi connectivity index (χ0) is 15.1. The molecule has 3 nitrogen and oxygen atoms in total. The van der Waals surface area contributed by atoms with Crippen LogP contribution in [0.15, 0.2) is 18.2 Å². The van der Waals surface area contributed by atoms with Crippen molar-refractivity contribution in [3.05, 3.63) is 35.4 Å². The van der Waals surface area contributed by atoms with E-state index in [1.54, 1.807) is 6.07 Å². The Labute approximate surface area is 124 Å². The van der Waals surface area contributed by atoms with E-state index in [2.05, 4.69) is 5.32 Å². The van der Waals surface area contributed by atoms with Crippen molar-refractivity contribution in [3.8, 4) is 0 Å². The van der Waals surface area contributed by atoms with Gasteiger partial charge in [-0.05, 0) is 50.4 Å². The van der Waals surface area contributed by atoms with Crippen LogP contribution in [-0.4, -0.2) is 32.5 Å². The van der Waals surface area contributed by atoms with Crippen LogP contribution in [0.2, 0.25) is 0 Å². The van der Waals surface area contributed by atoms with E-state index in [0.29, 0.717) is 13.2 Å². The summed E-state index contributed by atoms with van der Waals surface area (Å²) >= 11 is 0. The molecule has 0 aliphatic carbocycles. The first-order valence-corrected chi connectivity index (χ1v) is 7.54. The molecule has 1 aromatic carbocycles. The monoisotopic (exact) mass is 299 g/mol. The van der Waals surface area contributed by atoms with Crippen molar-refractivity contribution in [2.45, 2.75) is 38.3 Å². The van der Waals surface area contributed by atoms with Crippen LogP contribution in [0, 0.1) is 11.6 Å². The van der Waals surface area contributed by atoms with E-state index in [9.17, 15) is 8.78 Å². The summed E-state index contributed by atoms with van der Waals surface area (Å²) < 4.78 is 37.0. The van der Waals surface area contributed by atoms with E-state index in [1.807, 2.05) is 6.92 Å². The molecular weight excluding hydrogens is 276 g/mol. The summed E-state index contributed by atoms with van der Waals surface area (Å²) in [6.07, 6.45) is 3.35. The van der Waals surface area contributed by atoms with Gasteiger partial charge in [0, 0.05) is 19.3 Å². The third-order valence-electron chi connectivity index (χ3n) is 3.69. The number of benzene rings is 1. The Morgan fingerprint density at radius 2 is 2.24 bits per heavy atom. The number of hydrogen-bond acceptors (Lipinski definition) is 3. The summed E-state index contributed by atoms with van der Waals surface area (Å²) in [5, 5.41) is 3.27. The second-order valence-electron chi connectivity index (χ2n) is 5.41. The highest BCUT2D eigenvalue weighted by atomic mass is 19.2. The molecule has 0 aromatic heterocycles. The Morgan fingerprint density at radius 3 is 2.95 bits per heavy atom. The van der Waals surface area contributed by atoms with Gasteiger partial charge >= 0.3 is 0 Å². The van der Waals surface area contributed by atoms with Gasteiger partial charge in [0.15, 0.2) is 11.6 Å². The fourth-order valence-corrected chi connectivity index (χ4v) is 2.38. The quantitative estimate of drug-likeness (QED) is 0.748. The maximum absolute atomic E-state index is 13.1. The third kappa shape index (κ3) is 5.34. The van der Waals surface area contributed by atoms with Gasteiger partial charge in [-0.2, -0.15) is 0 Å². The first-order chi connectivity index (χ1) is 10.2. The summed E-state index contributed by atoms with van der Waals surface area (Å²) in [5.41, 5.74) is 0.745. The van der Waals surface area contributed by atoms with Gasteiger partial charge in [0.2, 0.25) is 0 Å². The molecule has 1 aliphatic rings. The molecule has 0 amide bonds. The van der Waals surface area contributed by atoms with E-state index in [0.717, 1.165) is 44.0 Å². The predicted molar refractivity (Wildman–Crippen MR) is 77.2 cm³/mol. The van der Waals surface area contributed by atoms with Gasteiger partial charge in [0.1, 0.15) is 0 Å². The first kappa shape index (κ1) is 16.3. The molecule has 0 spiro atoms. The van der Waals surface area contributed by atoms with Gasteiger partial charge in [-0.25, -0.2) is 8.78 Å². The van der Waals surface area contributed by atoms with Gasteiger partial charge in [0.05, 0.1) is 12.7 Å². The third-order valence-corrected chi connectivity index (χ3v) is 3.69. The lowest BCUT2D eigenvalue weighted by molar-refractivity contribution is 0.0165. The number of ether oxygens (including phenoxy) is 2. The number of hydrogen-bond donors (Lipinski definition) is 1. The van der Waals surface area contributed by atoms with E-state index in [-0.39, 0.29) is 12.1 Å². The van der Waals surface area contributed by atoms with Crippen molar-refractivity contribution in [1.29, 1.82) is 0 Å². The zero-order valence-electron chi connectivity index (χ0n) is 12.4. The highest BCUT2D eigenvalue weighted by Gasteiger charge is 2.15. The summed E-state index contributed by atoms with van der Waals surface area (Å²) in [4.78, 5) is 0. The molecule has 1 saturated heterocycles. The van der Waals surface area contributed by atoms with E-state index < -0.39 is 11.6 Å². The predicted octanol–water partition coefficient (Wildman–Crippen LogP) is 3.20. The minimum atomic E-state index is -0.812. The highest BCUT2D eigenvalue weighted by Crippen LogP contribution is 2.16. The molecule has 21 heavy (non-hydrogen) atoms. The SMILES string of the molecule is CC(NCCCOCC1CCCO1)c1ccc(F)c(F)c1. The van der Waals surface area contributed by atoms with Crippen molar-refractivity contribution in [3.63, 3.8) is 0 Å². The summed E-state index contributed by atoms with van der Waals surface area (Å²) in [5.74, 6) is -1.62. The maximum Gasteiger partial charge on any atom is 0.159 e. The summed E-state index contributed by atoms with van der Waals surface area (Å²) in [6.45, 7) is 4.89. The topological polar surface area (TPSA) is 30.5 Å². The van der Waals surface area contributed by atoms with Gasteiger partial charge in [-0.15, -0.1) is 0 Å². The van der Waals surface area contributed by atoms with Crippen molar-refractivity contribution in [2.75, 3.05) is 26.4 Å². The minimum absolute atomic E-state index is 0.0155. The molecule has 5 heteroatoms. The van der Waals surface area contributed by atoms with Crippen molar-refractivity contribution < 1.29 is 18.3 Å². The van der Waals surface area contributed by atoms with Crippen LogP contribution in [0.3, 0.4) is 0 Å². The summed E-state index contributed by atoms with van der Waals surface area (Å²) in [6, 6.07) is 3.98. The highest BCUT2D eigenvalue weighted by molar-refractivity contribution is 5.20. The first-order valence-electron chi connectivity index (χ1n) is 7.54. The zero-order valence-corrected chi connectivity index (χ0v) is 12.4. The number of nitrogens with one attached hydrogen (secondary N) is 1. The molecule has 1 heterocycles.